The Hall–Kier alpha value is -2.11. The average Bonchev–Trinajstić information content (AvgIpc) is 3.42. The molecular weight excluding hydrogens is 333 g/mol. The molecule has 2 heterocycles. The molecule has 0 radical (unpaired) electrons. The number of carbonyl (C=O) groups excluding carboxylic acids is 2. The summed E-state index contributed by atoms with van der Waals surface area (Å²) in [6.45, 7) is 2.20. The fourth-order valence-corrected chi connectivity index (χ4v) is 4.18. The molecule has 26 heavy (non-hydrogen) atoms. The molecule has 1 atom stereocenters. The third-order valence-electron chi connectivity index (χ3n) is 5.80. The maximum atomic E-state index is 13.9. The van der Waals surface area contributed by atoms with Crippen molar-refractivity contribution in [2.24, 2.45) is 0 Å². The summed E-state index contributed by atoms with van der Waals surface area (Å²) in [6.07, 6.45) is 6.35. The number of likely N-dealkylation sites (tertiary alicyclic amines) is 2. The predicted molar refractivity (Wildman–Crippen MR) is 97.6 cm³/mol. The lowest BCUT2D eigenvalue weighted by molar-refractivity contribution is -0.129. The highest BCUT2D eigenvalue weighted by Gasteiger charge is 2.30. The molecule has 6 heteroatoms. The molecule has 1 saturated carbocycles. The fraction of sp³-hybridized carbons (Fsp3) is 0.600. The Morgan fingerprint density at radius 2 is 1.92 bits per heavy atom. The highest BCUT2D eigenvalue weighted by molar-refractivity contribution is 5.89. The van der Waals surface area contributed by atoms with Crippen LogP contribution in [0.25, 0.3) is 0 Å². The molecular formula is C20H26FN3O2. The van der Waals surface area contributed by atoms with Crippen LogP contribution in [0.3, 0.4) is 0 Å². The molecule has 3 amide bonds. The van der Waals surface area contributed by atoms with Crippen molar-refractivity contribution in [3.05, 3.63) is 29.6 Å². The first-order valence-corrected chi connectivity index (χ1v) is 9.76. The van der Waals surface area contributed by atoms with Crippen LogP contribution in [0.1, 0.15) is 56.4 Å². The van der Waals surface area contributed by atoms with Gasteiger partial charge in [-0.05, 0) is 68.2 Å². The molecule has 2 saturated heterocycles. The zero-order valence-corrected chi connectivity index (χ0v) is 15.0. The van der Waals surface area contributed by atoms with Crippen LogP contribution in [0.4, 0.5) is 14.9 Å². The van der Waals surface area contributed by atoms with E-state index in [1.165, 1.54) is 6.07 Å². The van der Waals surface area contributed by atoms with E-state index in [4.69, 9.17) is 0 Å². The summed E-state index contributed by atoms with van der Waals surface area (Å²) >= 11 is 0. The Morgan fingerprint density at radius 3 is 2.65 bits per heavy atom. The number of amides is 3. The van der Waals surface area contributed by atoms with Crippen LogP contribution >= 0.6 is 0 Å². The minimum atomic E-state index is -0.182. The lowest BCUT2D eigenvalue weighted by atomic mass is 10.1. The second kappa shape index (κ2) is 7.25. The number of nitrogens with zero attached hydrogens (tertiary/aromatic N) is 2. The fourth-order valence-electron chi connectivity index (χ4n) is 4.18. The molecule has 3 fully saturated rings. The first-order valence-electron chi connectivity index (χ1n) is 9.76. The first kappa shape index (κ1) is 17.3. The van der Waals surface area contributed by atoms with Gasteiger partial charge in [-0.3, -0.25) is 4.79 Å². The Bertz CT molecular complexity index is 704. The number of nitrogens with one attached hydrogen (secondary N) is 1. The van der Waals surface area contributed by atoms with Crippen LogP contribution in [-0.4, -0.2) is 47.4 Å². The van der Waals surface area contributed by atoms with Gasteiger partial charge in [-0.15, -0.1) is 0 Å². The van der Waals surface area contributed by atoms with E-state index in [9.17, 15) is 14.0 Å². The molecule has 140 valence electrons. The molecule has 0 bridgehead atoms. The largest absolute Gasteiger partial charge is 0.340 e. The van der Waals surface area contributed by atoms with Gasteiger partial charge in [-0.25, -0.2) is 9.18 Å². The monoisotopic (exact) mass is 359 g/mol. The summed E-state index contributed by atoms with van der Waals surface area (Å²) in [5.41, 5.74) is 1.38. The van der Waals surface area contributed by atoms with Crippen molar-refractivity contribution < 1.29 is 14.0 Å². The number of urea groups is 1. The van der Waals surface area contributed by atoms with Crippen LogP contribution < -0.4 is 5.32 Å². The van der Waals surface area contributed by atoms with Gasteiger partial charge in [-0.2, -0.15) is 0 Å². The van der Waals surface area contributed by atoms with E-state index < -0.39 is 0 Å². The SMILES string of the molecule is O=C(Nc1ccc(F)c(C2CC2)c1)N1CCCC(N2CCCC2=O)CC1. The van der Waals surface area contributed by atoms with Crippen molar-refractivity contribution in [3.8, 4) is 0 Å². The second-order valence-corrected chi connectivity index (χ2v) is 7.70. The van der Waals surface area contributed by atoms with Crippen molar-refractivity contribution in [1.29, 1.82) is 0 Å². The summed E-state index contributed by atoms with van der Waals surface area (Å²) in [7, 11) is 0. The minimum Gasteiger partial charge on any atom is -0.340 e. The lowest BCUT2D eigenvalue weighted by Gasteiger charge is -2.27. The van der Waals surface area contributed by atoms with Crippen molar-refractivity contribution in [3.63, 3.8) is 0 Å². The van der Waals surface area contributed by atoms with E-state index >= 15 is 0 Å². The van der Waals surface area contributed by atoms with Gasteiger partial charge < -0.3 is 15.1 Å². The average molecular weight is 359 g/mol. The standard InChI is InChI=1S/C20H26FN3O2/c21-18-8-7-15(13-17(18)14-5-6-14)22-20(26)23-10-1-3-16(9-12-23)24-11-2-4-19(24)25/h7-8,13-14,16H,1-6,9-12H2,(H,22,26). The van der Waals surface area contributed by atoms with Crippen LogP contribution in [0.15, 0.2) is 18.2 Å². The highest BCUT2D eigenvalue weighted by Crippen LogP contribution is 2.42. The number of rotatable bonds is 3. The molecule has 1 aromatic rings. The Balaban J connectivity index is 1.36. The Morgan fingerprint density at radius 1 is 1.08 bits per heavy atom. The summed E-state index contributed by atoms with van der Waals surface area (Å²) in [5, 5.41) is 2.92. The number of carbonyl (C=O) groups is 2. The number of hydrogen-bond donors (Lipinski definition) is 1. The van der Waals surface area contributed by atoms with Gasteiger partial charge in [0.15, 0.2) is 0 Å². The van der Waals surface area contributed by atoms with E-state index in [-0.39, 0.29) is 23.8 Å². The lowest BCUT2D eigenvalue weighted by Crippen LogP contribution is -2.38. The van der Waals surface area contributed by atoms with Crippen molar-refractivity contribution in [2.45, 2.75) is 56.9 Å². The molecule has 4 rings (SSSR count). The van der Waals surface area contributed by atoms with Crippen LogP contribution in [0.2, 0.25) is 0 Å². The number of halogens is 1. The van der Waals surface area contributed by atoms with Gasteiger partial charge in [0.05, 0.1) is 0 Å². The topological polar surface area (TPSA) is 52.7 Å². The van der Waals surface area contributed by atoms with Gasteiger partial charge in [0.1, 0.15) is 5.82 Å². The van der Waals surface area contributed by atoms with Gasteiger partial charge in [0.25, 0.3) is 0 Å². The Labute approximate surface area is 153 Å². The number of anilines is 1. The maximum absolute atomic E-state index is 13.9. The summed E-state index contributed by atoms with van der Waals surface area (Å²) < 4.78 is 13.9. The molecule has 1 N–H and O–H groups in total. The molecule has 1 aliphatic carbocycles. The highest BCUT2D eigenvalue weighted by atomic mass is 19.1. The molecule has 3 aliphatic rings. The Kier molecular flexibility index (Phi) is 4.83. The molecule has 0 spiro atoms. The van der Waals surface area contributed by atoms with E-state index in [2.05, 4.69) is 5.32 Å². The summed E-state index contributed by atoms with van der Waals surface area (Å²) in [6, 6.07) is 4.97. The molecule has 0 aromatic heterocycles. The van der Waals surface area contributed by atoms with E-state index in [1.807, 2.05) is 9.80 Å². The number of benzene rings is 1. The van der Waals surface area contributed by atoms with Gasteiger partial charge in [0, 0.05) is 37.8 Å². The smallest absolute Gasteiger partial charge is 0.321 e. The van der Waals surface area contributed by atoms with E-state index in [0.717, 1.165) is 45.1 Å². The van der Waals surface area contributed by atoms with Gasteiger partial charge in [0.2, 0.25) is 5.91 Å². The molecule has 1 unspecified atom stereocenters. The van der Waals surface area contributed by atoms with Crippen molar-refractivity contribution >= 4 is 17.6 Å². The minimum absolute atomic E-state index is 0.133. The molecule has 1 aromatic carbocycles. The van der Waals surface area contributed by atoms with Crippen LogP contribution in [-0.2, 0) is 4.79 Å². The zero-order valence-electron chi connectivity index (χ0n) is 15.0. The van der Waals surface area contributed by atoms with Crippen molar-refractivity contribution in [1.82, 2.24) is 9.80 Å². The van der Waals surface area contributed by atoms with E-state index in [0.29, 0.717) is 36.7 Å². The normalized spacial score (nSPS) is 23.9. The van der Waals surface area contributed by atoms with Gasteiger partial charge in [-0.1, -0.05) is 0 Å². The first-order chi connectivity index (χ1) is 12.6. The molecule has 2 aliphatic heterocycles. The van der Waals surface area contributed by atoms with Crippen LogP contribution in [0, 0.1) is 5.82 Å². The zero-order chi connectivity index (χ0) is 18.1. The predicted octanol–water partition coefficient (Wildman–Crippen LogP) is 3.71. The summed E-state index contributed by atoms with van der Waals surface area (Å²) in [4.78, 5) is 28.4. The number of hydrogen-bond acceptors (Lipinski definition) is 2. The quantitative estimate of drug-likeness (QED) is 0.894. The second-order valence-electron chi connectivity index (χ2n) is 7.70. The third kappa shape index (κ3) is 3.69. The molecule has 5 nitrogen and oxygen atoms in total. The third-order valence-corrected chi connectivity index (χ3v) is 5.80. The maximum Gasteiger partial charge on any atom is 0.321 e. The van der Waals surface area contributed by atoms with E-state index in [1.54, 1.807) is 12.1 Å². The van der Waals surface area contributed by atoms with Crippen molar-refractivity contribution in [2.75, 3.05) is 25.0 Å². The van der Waals surface area contributed by atoms with Crippen LogP contribution in [0.5, 0.6) is 0 Å². The summed E-state index contributed by atoms with van der Waals surface area (Å²) in [5.74, 6) is 0.383. The van der Waals surface area contributed by atoms with Gasteiger partial charge >= 0.3 is 6.03 Å².